The van der Waals surface area contributed by atoms with E-state index in [1.165, 1.54) is 0 Å². The van der Waals surface area contributed by atoms with Crippen molar-refractivity contribution < 1.29 is 18.3 Å². The van der Waals surface area contributed by atoms with Crippen molar-refractivity contribution in [3.63, 3.8) is 0 Å². The number of carboxylic acid groups (broad SMARTS) is 1. The second-order valence-electron chi connectivity index (χ2n) is 5.08. The summed E-state index contributed by atoms with van der Waals surface area (Å²) < 4.78 is 24.2. The molecule has 0 aliphatic carbocycles. The minimum atomic E-state index is -3.15. The van der Waals surface area contributed by atoms with Gasteiger partial charge in [-0.05, 0) is 33.6 Å². The monoisotopic (exact) mass is 395 g/mol. The maximum atomic E-state index is 11.7. The van der Waals surface area contributed by atoms with Crippen LogP contribution in [0.25, 0.3) is 0 Å². The minimum absolute atomic E-state index is 0.0673. The van der Waals surface area contributed by atoms with Crippen LogP contribution in [0.2, 0.25) is 5.02 Å². The molecule has 0 saturated carbocycles. The van der Waals surface area contributed by atoms with Crippen molar-refractivity contribution in [1.29, 1.82) is 0 Å². The Bertz CT molecular complexity index is 650. The highest BCUT2D eigenvalue weighted by molar-refractivity contribution is 9.10. The third-order valence-corrected chi connectivity index (χ3v) is 6.34. The van der Waals surface area contributed by atoms with Gasteiger partial charge in [0.25, 0.3) is 0 Å². The number of sulfone groups is 1. The Morgan fingerprint density at radius 1 is 1.48 bits per heavy atom. The first-order valence-corrected chi connectivity index (χ1v) is 9.36. The Hall–Kier alpha value is -0.630. The highest BCUT2D eigenvalue weighted by Crippen LogP contribution is 2.25. The van der Waals surface area contributed by atoms with Gasteiger partial charge in [-0.3, -0.25) is 9.69 Å². The second kappa shape index (κ2) is 6.64. The lowest BCUT2D eigenvalue weighted by molar-refractivity contribution is -0.138. The number of nitrogens with zero attached hydrogens (tertiary/aromatic N) is 1. The highest BCUT2D eigenvalue weighted by atomic mass is 79.9. The zero-order valence-corrected chi connectivity index (χ0v) is 14.3. The fourth-order valence-electron chi connectivity index (χ4n) is 2.39. The van der Waals surface area contributed by atoms with Crippen molar-refractivity contribution in [3.05, 3.63) is 33.3 Å². The summed E-state index contributed by atoms with van der Waals surface area (Å²) in [5, 5.41) is 9.55. The van der Waals surface area contributed by atoms with Crippen molar-refractivity contribution in [2.75, 3.05) is 18.1 Å². The largest absolute Gasteiger partial charge is 0.481 e. The Morgan fingerprint density at radius 2 is 2.19 bits per heavy atom. The van der Waals surface area contributed by atoms with Crippen LogP contribution in [0, 0.1) is 0 Å². The number of carbonyl (C=O) groups is 1. The average Bonchev–Trinajstić information content (AvgIpc) is 2.36. The third-order valence-electron chi connectivity index (χ3n) is 3.43. The first kappa shape index (κ1) is 16.7. The van der Waals surface area contributed by atoms with Crippen molar-refractivity contribution in [2.45, 2.75) is 19.0 Å². The van der Waals surface area contributed by atoms with Crippen LogP contribution in [0.3, 0.4) is 0 Å². The van der Waals surface area contributed by atoms with Crippen LogP contribution in [0.15, 0.2) is 22.7 Å². The molecule has 0 amide bonds. The first-order valence-electron chi connectivity index (χ1n) is 6.37. The van der Waals surface area contributed by atoms with Crippen LogP contribution in [0.1, 0.15) is 12.0 Å². The number of carboxylic acids is 1. The summed E-state index contributed by atoms with van der Waals surface area (Å²) >= 11 is 9.28. The average molecular weight is 397 g/mol. The van der Waals surface area contributed by atoms with Crippen molar-refractivity contribution in [3.8, 4) is 0 Å². The van der Waals surface area contributed by atoms with E-state index in [-0.39, 0.29) is 17.9 Å². The Kier molecular flexibility index (Phi) is 5.29. The Balaban J connectivity index is 2.15. The normalized spacial score (nSPS) is 22.1. The Morgan fingerprint density at radius 3 is 2.81 bits per heavy atom. The topological polar surface area (TPSA) is 74.7 Å². The molecule has 21 heavy (non-hydrogen) atoms. The van der Waals surface area contributed by atoms with Crippen LogP contribution >= 0.6 is 27.5 Å². The zero-order valence-electron chi connectivity index (χ0n) is 11.1. The van der Waals surface area contributed by atoms with Gasteiger partial charge in [0.15, 0.2) is 9.84 Å². The van der Waals surface area contributed by atoms with Gasteiger partial charge in [-0.1, -0.05) is 17.7 Å². The Labute approximate surface area is 136 Å². The SMILES string of the molecule is O=C(O)CC1CS(=O)(=O)CCN1Cc1ccc(Cl)c(Br)c1. The molecular formula is C13H15BrClNO4S. The molecule has 5 nitrogen and oxygen atoms in total. The van der Waals surface area contributed by atoms with Gasteiger partial charge in [0.05, 0.1) is 22.9 Å². The molecule has 2 rings (SSSR count). The lowest BCUT2D eigenvalue weighted by Gasteiger charge is -2.34. The predicted octanol–water partition coefficient (Wildman–Crippen LogP) is 2.18. The molecule has 1 heterocycles. The van der Waals surface area contributed by atoms with Crippen molar-refractivity contribution in [2.24, 2.45) is 0 Å². The number of hydrogen-bond donors (Lipinski definition) is 1. The summed E-state index contributed by atoms with van der Waals surface area (Å²) in [7, 11) is -3.15. The van der Waals surface area contributed by atoms with E-state index in [2.05, 4.69) is 15.9 Å². The lowest BCUT2D eigenvalue weighted by atomic mass is 10.1. The molecule has 1 aromatic rings. The summed E-state index contributed by atoms with van der Waals surface area (Å²) in [5.41, 5.74) is 0.959. The van der Waals surface area contributed by atoms with Gasteiger partial charge in [0.2, 0.25) is 0 Å². The lowest BCUT2D eigenvalue weighted by Crippen LogP contribution is -2.48. The molecule has 0 aromatic heterocycles. The molecule has 1 unspecified atom stereocenters. The van der Waals surface area contributed by atoms with Crippen LogP contribution in [-0.4, -0.2) is 48.5 Å². The van der Waals surface area contributed by atoms with Gasteiger partial charge in [0, 0.05) is 23.6 Å². The van der Waals surface area contributed by atoms with Gasteiger partial charge in [-0.2, -0.15) is 0 Å². The van der Waals surface area contributed by atoms with Gasteiger partial charge < -0.3 is 5.11 Å². The maximum Gasteiger partial charge on any atom is 0.304 e. The molecule has 1 saturated heterocycles. The summed E-state index contributed by atoms with van der Waals surface area (Å²) in [5.74, 6) is -1.02. The van der Waals surface area contributed by atoms with Crippen LogP contribution < -0.4 is 0 Å². The number of hydrogen-bond acceptors (Lipinski definition) is 4. The van der Waals surface area contributed by atoms with E-state index in [4.69, 9.17) is 16.7 Å². The molecule has 0 bridgehead atoms. The van der Waals surface area contributed by atoms with E-state index in [1.807, 2.05) is 17.0 Å². The molecule has 8 heteroatoms. The van der Waals surface area contributed by atoms with Gasteiger partial charge in [-0.25, -0.2) is 8.42 Å². The minimum Gasteiger partial charge on any atom is -0.481 e. The molecule has 1 atom stereocenters. The van der Waals surface area contributed by atoms with Crippen molar-refractivity contribution >= 4 is 43.3 Å². The van der Waals surface area contributed by atoms with E-state index in [0.29, 0.717) is 18.1 Å². The zero-order chi connectivity index (χ0) is 15.6. The van der Waals surface area contributed by atoms with Gasteiger partial charge >= 0.3 is 5.97 Å². The second-order valence-corrected chi connectivity index (χ2v) is 8.58. The molecule has 1 aliphatic rings. The molecule has 0 spiro atoms. The molecule has 116 valence electrons. The fraction of sp³-hybridized carbons (Fsp3) is 0.462. The van der Waals surface area contributed by atoms with Gasteiger partial charge in [-0.15, -0.1) is 0 Å². The van der Waals surface area contributed by atoms with Crippen LogP contribution in [0.5, 0.6) is 0 Å². The molecule has 0 radical (unpaired) electrons. The number of rotatable bonds is 4. The summed E-state index contributed by atoms with van der Waals surface area (Å²) in [4.78, 5) is 12.8. The van der Waals surface area contributed by atoms with E-state index in [9.17, 15) is 13.2 Å². The molecule has 1 N–H and O–H groups in total. The van der Waals surface area contributed by atoms with Crippen LogP contribution in [0.4, 0.5) is 0 Å². The fourth-order valence-corrected chi connectivity index (χ4v) is 4.53. The predicted molar refractivity (Wildman–Crippen MR) is 84.3 cm³/mol. The van der Waals surface area contributed by atoms with E-state index >= 15 is 0 Å². The highest BCUT2D eigenvalue weighted by Gasteiger charge is 2.32. The third kappa shape index (κ3) is 4.67. The summed E-state index contributed by atoms with van der Waals surface area (Å²) in [6.07, 6.45) is -0.173. The standard InChI is InChI=1S/C13H15BrClNO4S/c14-11-5-9(1-2-12(11)15)7-16-3-4-21(19,20)8-10(16)6-13(17)18/h1-2,5,10H,3-4,6-8H2,(H,17,18). The molecule has 1 aliphatic heterocycles. The molecular weight excluding hydrogens is 382 g/mol. The molecule has 1 aromatic carbocycles. The van der Waals surface area contributed by atoms with E-state index < -0.39 is 21.8 Å². The maximum absolute atomic E-state index is 11.7. The van der Waals surface area contributed by atoms with E-state index in [1.54, 1.807) is 6.07 Å². The van der Waals surface area contributed by atoms with E-state index in [0.717, 1.165) is 10.0 Å². The quantitative estimate of drug-likeness (QED) is 0.844. The number of aliphatic carboxylic acids is 1. The molecule has 1 fully saturated rings. The van der Waals surface area contributed by atoms with Crippen molar-refractivity contribution in [1.82, 2.24) is 4.90 Å². The van der Waals surface area contributed by atoms with Gasteiger partial charge in [0.1, 0.15) is 0 Å². The summed E-state index contributed by atoms with van der Waals surface area (Å²) in [6, 6.07) is 4.99. The number of benzene rings is 1. The number of halogens is 2. The smallest absolute Gasteiger partial charge is 0.304 e. The van der Waals surface area contributed by atoms with Crippen LogP contribution in [-0.2, 0) is 21.2 Å². The first-order chi connectivity index (χ1) is 9.77. The summed E-state index contributed by atoms with van der Waals surface area (Å²) in [6.45, 7) is 0.851.